The normalized spacial score (nSPS) is 29.3. The molecule has 0 N–H and O–H groups in total. The molecule has 1 unspecified atom stereocenters. The van der Waals surface area contributed by atoms with Crippen molar-refractivity contribution in [3.05, 3.63) is 79.7 Å². The first-order chi connectivity index (χ1) is 10.3. The summed E-state index contributed by atoms with van der Waals surface area (Å²) >= 11 is 2.00. The molecule has 0 bridgehead atoms. The highest BCUT2D eigenvalue weighted by atomic mass is 32.2. The Bertz CT molecular complexity index is 775. The summed E-state index contributed by atoms with van der Waals surface area (Å²) in [5.74, 6) is 0.544. The highest BCUT2D eigenvalue weighted by Crippen LogP contribution is 2.57. The Balaban J connectivity index is 1.74. The minimum atomic E-state index is 0.544. The van der Waals surface area contributed by atoms with Crippen molar-refractivity contribution in [3.8, 4) is 0 Å². The third-order valence-electron chi connectivity index (χ3n) is 5.36. The fraction of sp³-hybridized carbons (Fsp3) is 0.300. The van der Waals surface area contributed by atoms with Crippen LogP contribution < -0.4 is 0 Å². The first-order valence-corrected chi connectivity index (χ1v) is 8.73. The second kappa shape index (κ2) is 4.27. The van der Waals surface area contributed by atoms with Gasteiger partial charge in [-0.05, 0) is 71.0 Å². The van der Waals surface area contributed by atoms with Crippen LogP contribution in [-0.2, 0) is 0 Å². The number of hydrogen-bond donors (Lipinski definition) is 0. The zero-order chi connectivity index (χ0) is 14.0. The van der Waals surface area contributed by atoms with Crippen molar-refractivity contribution in [2.75, 3.05) is 0 Å². The van der Waals surface area contributed by atoms with Crippen LogP contribution in [0.4, 0.5) is 0 Å². The second-order valence-corrected chi connectivity index (χ2v) is 7.70. The lowest BCUT2D eigenvalue weighted by Gasteiger charge is -2.20. The topological polar surface area (TPSA) is 0 Å². The number of fused-ring (bicyclic) bond motifs is 2. The van der Waals surface area contributed by atoms with Crippen LogP contribution in [0.1, 0.15) is 32.6 Å². The average molecular weight is 290 g/mol. The molecule has 0 aromatic heterocycles. The fourth-order valence-corrected chi connectivity index (χ4v) is 5.63. The van der Waals surface area contributed by atoms with Crippen LogP contribution in [0.5, 0.6) is 0 Å². The number of thioether (sulfide) groups is 1. The lowest BCUT2D eigenvalue weighted by molar-refractivity contribution is 0.899. The SMILES string of the molecule is CC1=C2C3=C(C=CC3)CCC3=C(CC=C3)C3=CC=C(S1)C32. The molecule has 0 saturated carbocycles. The van der Waals surface area contributed by atoms with E-state index in [2.05, 4.69) is 43.4 Å². The molecule has 104 valence electrons. The molecule has 1 atom stereocenters. The summed E-state index contributed by atoms with van der Waals surface area (Å²) < 4.78 is 0. The van der Waals surface area contributed by atoms with Gasteiger partial charge in [0.15, 0.2) is 0 Å². The Morgan fingerprint density at radius 2 is 1.67 bits per heavy atom. The van der Waals surface area contributed by atoms with Gasteiger partial charge in [0.05, 0.1) is 0 Å². The van der Waals surface area contributed by atoms with Gasteiger partial charge in [-0.1, -0.05) is 48.2 Å². The van der Waals surface area contributed by atoms with E-state index in [0.717, 1.165) is 12.8 Å². The maximum absolute atomic E-state index is 2.40. The van der Waals surface area contributed by atoms with E-state index in [4.69, 9.17) is 0 Å². The van der Waals surface area contributed by atoms with E-state index in [1.807, 2.05) is 11.8 Å². The first-order valence-electron chi connectivity index (χ1n) is 7.91. The van der Waals surface area contributed by atoms with Crippen LogP contribution in [0.3, 0.4) is 0 Å². The van der Waals surface area contributed by atoms with Gasteiger partial charge in [0.25, 0.3) is 0 Å². The van der Waals surface area contributed by atoms with E-state index in [0.29, 0.717) is 5.92 Å². The maximum Gasteiger partial charge on any atom is 0.0416 e. The van der Waals surface area contributed by atoms with Gasteiger partial charge in [-0.3, -0.25) is 0 Å². The molecule has 0 fully saturated rings. The zero-order valence-electron chi connectivity index (χ0n) is 12.3. The van der Waals surface area contributed by atoms with Gasteiger partial charge in [0.1, 0.15) is 0 Å². The van der Waals surface area contributed by atoms with Crippen molar-refractivity contribution < 1.29 is 0 Å². The molecule has 5 rings (SSSR count). The van der Waals surface area contributed by atoms with Crippen LogP contribution in [-0.4, -0.2) is 0 Å². The van der Waals surface area contributed by atoms with E-state index in [9.17, 15) is 0 Å². The molecule has 1 aliphatic heterocycles. The Hall–Kier alpha value is -1.47. The van der Waals surface area contributed by atoms with E-state index < -0.39 is 0 Å². The molecule has 0 aromatic rings. The molecule has 1 heterocycles. The summed E-state index contributed by atoms with van der Waals surface area (Å²) in [6, 6.07) is 0. The minimum Gasteiger partial charge on any atom is -0.0980 e. The van der Waals surface area contributed by atoms with Gasteiger partial charge < -0.3 is 0 Å². The maximum atomic E-state index is 2.40. The zero-order valence-corrected chi connectivity index (χ0v) is 13.1. The predicted octanol–water partition coefficient (Wildman–Crippen LogP) is 5.75. The van der Waals surface area contributed by atoms with Gasteiger partial charge >= 0.3 is 0 Å². The highest BCUT2D eigenvalue weighted by molar-refractivity contribution is 8.07. The van der Waals surface area contributed by atoms with Crippen molar-refractivity contribution >= 4 is 11.8 Å². The van der Waals surface area contributed by atoms with E-state index in [1.54, 1.807) is 38.3 Å². The smallest absolute Gasteiger partial charge is 0.0416 e. The molecule has 0 saturated heterocycles. The third-order valence-corrected chi connectivity index (χ3v) is 6.49. The quantitative estimate of drug-likeness (QED) is 0.547. The molecule has 4 aliphatic carbocycles. The minimum absolute atomic E-state index is 0.544. The van der Waals surface area contributed by atoms with Crippen molar-refractivity contribution in [1.29, 1.82) is 0 Å². The molecule has 0 nitrogen and oxygen atoms in total. The summed E-state index contributed by atoms with van der Waals surface area (Å²) in [6.45, 7) is 2.32. The van der Waals surface area contributed by atoms with Gasteiger partial charge in [-0.2, -0.15) is 0 Å². The molecule has 0 spiro atoms. The lowest BCUT2D eigenvalue weighted by atomic mass is 9.83. The van der Waals surface area contributed by atoms with Crippen LogP contribution in [0, 0.1) is 5.92 Å². The van der Waals surface area contributed by atoms with Crippen LogP contribution in [0.2, 0.25) is 0 Å². The molecular formula is C20H18S. The molecule has 0 aromatic carbocycles. The average Bonchev–Trinajstić information content (AvgIpc) is 3.16. The Morgan fingerprint density at radius 3 is 2.48 bits per heavy atom. The predicted molar refractivity (Wildman–Crippen MR) is 90.7 cm³/mol. The Morgan fingerprint density at radius 1 is 0.952 bits per heavy atom. The number of hydrogen-bond acceptors (Lipinski definition) is 1. The standard InChI is InChI=1S/C20H18S/c1-12-19-16-7-3-5-14(16)9-8-13-4-2-6-15(13)17-10-11-18(21-12)20(17)19/h2-5,10-11,20H,6-9H2,1H3. The van der Waals surface area contributed by atoms with Crippen molar-refractivity contribution in [3.63, 3.8) is 0 Å². The summed E-state index contributed by atoms with van der Waals surface area (Å²) in [5.41, 5.74) is 9.64. The second-order valence-electron chi connectivity index (χ2n) is 6.42. The Labute approximate surface area is 130 Å². The molecule has 1 heteroatoms. The summed E-state index contributed by atoms with van der Waals surface area (Å²) in [7, 11) is 0. The molecule has 0 amide bonds. The van der Waals surface area contributed by atoms with Gasteiger partial charge in [-0.15, -0.1) is 0 Å². The molecular weight excluding hydrogens is 272 g/mol. The van der Waals surface area contributed by atoms with Crippen LogP contribution in [0.15, 0.2) is 79.7 Å². The fourth-order valence-electron chi connectivity index (χ4n) is 4.43. The first kappa shape index (κ1) is 12.1. The number of rotatable bonds is 0. The van der Waals surface area contributed by atoms with Crippen molar-refractivity contribution in [1.82, 2.24) is 0 Å². The summed E-state index contributed by atoms with van der Waals surface area (Å²) in [5, 5.41) is 0. The third kappa shape index (κ3) is 1.58. The van der Waals surface area contributed by atoms with E-state index in [-0.39, 0.29) is 0 Å². The lowest BCUT2D eigenvalue weighted by Crippen LogP contribution is -2.07. The molecule has 5 aliphatic rings. The highest BCUT2D eigenvalue weighted by Gasteiger charge is 2.39. The van der Waals surface area contributed by atoms with Gasteiger partial charge in [0.2, 0.25) is 0 Å². The van der Waals surface area contributed by atoms with Crippen LogP contribution >= 0.6 is 11.8 Å². The van der Waals surface area contributed by atoms with Crippen LogP contribution in [0.25, 0.3) is 0 Å². The van der Waals surface area contributed by atoms with Crippen molar-refractivity contribution in [2.24, 2.45) is 5.92 Å². The molecule has 21 heavy (non-hydrogen) atoms. The van der Waals surface area contributed by atoms with Gasteiger partial charge in [0, 0.05) is 10.8 Å². The van der Waals surface area contributed by atoms with Gasteiger partial charge in [-0.25, -0.2) is 0 Å². The van der Waals surface area contributed by atoms with Crippen molar-refractivity contribution in [2.45, 2.75) is 32.6 Å². The summed E-state index contributed by atoms with van der Waals surface area (Å²) in [4.78, 5) is 3.08. The van der Waals surface area contributed by atoms with E-state index >= 15 is 0 Å². The molecule has 0 radical (unpaired) electrons. The number of allylic oxidation sites excluding steroid dienone is 14. The summed E-state index contributed by atoms with van der Waals surface area (Å²) in [6.07, 6.45) is 18.9. The van der Waals surface area contributed by atoms with E-state index in [1.165, 1.54) is 17.7 Å². The monoisotopic (exact) mass is 290 g/mol. The Kier molecular flexibility index (Phi) is 2.46. The largest absolute Gasteiger partial charge is 0.0980 e.